The first-order chi connectivity index (χ1) is 8.45. The van der Waals surface area contributed by atoms with Crippen molar-refractivity contribution >= 4 is 5.82 Å². The Labute approximate surface area is 109 Å². The first kappa shape index (κ1) is 12.7. The third-order valence-electron chi connectivity index (χ3n) is 3.07. The highest BCUT2D eigenvalue weighted by Gasteiger charge is 2.24. The molecule has 0 unspecified atom stereocenters. The molecule has 3 heteroatoms. The molecule has 2 rings (SSSR count). The summed E-state index contributed by atoms with van der Waals surface area (Å²) in [6, 6.07) is 10.2. The molecule has 1 aromatic heterocycles. The second kappa shape index (κ2) is 4.48. The SMILES string of the molecule is CCn1c(-c2ccccc2)nc(C(C)(C)C)c1N. The van der Waals surface area contributed by atoms with E-state index in [-0.39, 0.29) is 5.41 Å². The standard InChI is InChI=1S/C15H21N3/c1-5-18-13(16)12(15(2,3)4)17-14(18)11-9-7-6-8-10-11/h6-10H,5,16H2,1-4H3. The summed E-state index contributed by atoms with van der Waals surface area (Å²) in [4.78, 5) is 4.76. The van der Waals surface area contributed by atoms with Crippen LogP contribution in [0.15, 0.2) is 30.3 Å². The molecule has 0 spiro atoms. The van der Waals surface area contributed by atoms with E-state index in [0.717, 1.165) is 29.4 Å². The van der Waals surface area contributed by atoms with E-state index in [1.165, 1.54) is 0 Å². The summed E-state index contributed by atoms with van der Waals surface area (Å²) >= 11 is 0. The number of nitrogens with two attached hydrogens (primary N) is 1. The fourth-order valence-corrected chi connectivity index (χ4v) is 2.15. The van der Waals surface area contributed by atoms with Gasteiger partial charge >= 0.3 is 0 Å². The van der Waals surface area contributed by atoms with Crippen LogP contribution in [0.3, 0.4) is 0 Å². The van der Waals surface area contributed by atoms with Crippen LogP contribution in [0.1, 0.15) is 33.4 Å². The van der Waals surface area contributed by atoms with E-state index in [9.17, 15) is 0 Å². The maximum absolute atomic E-state index is 6.24. The van der Waals surface area contributed by atoms with Crippen LogP contribution in [0.5, 0.6) is 0 Å². The van der Waals surface area contributed by atoms with Gasteiger partial charge in [-0.3, -0.25) is 0 Å². The van der Waals surface area contributed by atoms with Crippen LogP contribution in [-0.2, 0) is 12.0 Å². The van der Waals surface area contributed by atoms with Gasteiger partial charge in [-0.15, -0.1) is 0 Å². The normalized spacial score (nSPS) is 11.8. The second-order valence-corrected chi connectivity index (χ2v) is 5.53. The lowest BCUT2D eigenvalue weighted by Crippen LogP contribution is -2.15. The van der Waals surface area contributed by atoms with E-state index in [0.29, 0.717) is 0 Å². The molecule has 0 radical (unpaired) electrons. The second-order valence-electron chi connectivity index (χ2n) is 5.53. The molecule has 0 aliphatic rings. The van der Waals surface area contributed by atoms with Gasteiger partial charge in [0.15, 0.2) is 0 Å². The summed E-state index contributed by atoms with van der Waals surface area (Å²) < 4.78 is 2.08. The van der Waals surface area contributed by atoms with Crippen molar-refractivity contribution < 1.29 is 0 Å². The van der Waals surface area contributed by atoms with E-state index in [1.54, 1.807) is 0 Å². The van der Waals surface area contributed by atoms with E-state index in [1.807, 2.05) is 18.2 Å². The summed E-state index contributed by atoms with van der Waals surface area (Å²) in [5.41, 5.74) is 8.29. The smallest absolute Gasteiger partial charge is 0.141 e. The number of anilines is 1. The van der Waals surface area contributed by atoms with Gasteiger partial charge in [-0.2, -0.15) is 0 Å². The molecule has 0 aliphatic carbocycles. The Kier molecular flexibility index (Phi) is 3.16. The molecule has 0 fully saturated rings. The molecular formula is C15H21N3. The van der Waals surface area contributed by atoms with E-state index in [4.69, 9.17) is 10.7 Å². The molecule has 2 N–H and O–H groups in total. The summed E-state index contributed by atoms with van der Waals surface area (Å²) in [6.45, 7) is 9.34. The van der Waals surface area contributed by atoms with Crippen LogP contribution in [-0.4, -0.2) is 9.55 Å². The molecule has 96 valence electrons. The predicted octanol–water partition coefficient (Wildman–Crippen LogP) is 3.45. The number of hydrogen-bond acceptors (Lipinski definition) is 2. The number of nitrogens with zero attached hydrogens (tertiary/aromatic N) is 2. The van der Waals surface area contributed by atoms with Crippen molar-refractivity contribution in [2.45, 2.75) is 39.7 Å². The molecule has 1 heterocycles. The summed E-state index contributed by atoms with van der Waals surface area (Å²) in [5, 5.41) is 0. The topological polar surface area (TPSA) is 43.8 Å². The van der Waals surface area contributed by atoms with Gasteiger partial charge < -0.3 is 10.3 Å². The minimum atomic E-state index is -0.0337. The van der Waals surface area contributed by atoms with Gasteiger partial charge in [0.25, 0.3) is 0 Å². The predicted molar refractivity (Wildman–Crippen MR) is 76.4 cm³/mol. The maximum atomic E-state index is 6.24. The molecule has 0 aliphatic heterocycles. The Balaban J connectivity index is 2.62. The maximum Gasteiger partial charge on any atom is 0.141 e. The summed E-state index contributed by atoms with van der Waals surface area (Å²) in [5.74, 6) is 1.74. The van der Waals surface area contributed by atoms with Crippen molar-refractivity contribution in [1.82, 2.24) is 9.55 Å². The zero-order valence-electron chi connectivity index (χ0n) is 11.6. The van der Waals surface area contributed by atoms with Crippen LogP contribution >= 0.6 is 0 Å². The fourth-order valence-electron chi connectivity index (χ4n) is 2.15. The Hall–Kier alpha value is -1.77. The zero-order valence-corrected chi connectivity index (χ0v) is 11.6. The van der Waals surface area contributed by atoms with Gasteiger partial charge in [0.2, 0.25) is 0 Å². The number of imidazole rings is 1. The molecule has 1 aromatic carbocycles. The lowest BCUT2D eigenvalue weighted by Gasteiger charge is -2.16. The van der Waals surface area contributed by atoms with E-state index in [2.05, 4.69) is 44.4 Å². The van der Waals surface area contributed by atoms with Crippen molar-refractivity contribution in [1.29, 1.82) is 0 Å². The molecule has 18 heavy (non-hydrogen) atoms. The highest BCUT2D eigenvalue weighted by atomic mass is 15.1. The number of rotatable bonds is 2. The van der Waals surface area contributed by atoms with Gasteiger partial charge in [0.05, 0.1) is 5.69 Å². The molecule has 0 amide bonds. The molecule has 2 aromatic rings. The summed E-state index contributed by atoms with van der Waals surface area (Å²) in [6.07, 6.45) is 0. The van der Waals surface area contributed by atoms with Crippen LogP contribution in [0.4, 0.5) is 5.82 Å². The first-order valence-electron chi connectivity index (χ1n) is 6.37. The molecule has 3 nitrogen and oxygen atoms in total. The van der Waals surface area contributed by atoms with Crippen molar-refractivity contribution in [3.8, 4) is 11.4 Å². The molecule has 0 bridgehead atoms. The third-order valence-corrected chi connectivity index (χ3v) is 3.07. The van der Waals surface area contributed by atoms with Crippen molar-refractivity contribution in [3.63, 3.8) is 0 Å². The van der Waals surface area contributed by atoms with Crippen LogP contribution in [0.25, 0.3) is 11.4 Å². The Morgan fingerprint density at radius 2 is 1.78 bits per heavy atom. The van der Waals surface area contributed by atoms with Crippen molar-refractivity contribution in [2.75, 3.05) is 5.73 Å². The average molecular weight is 243 g/mol. The van der Waals surface area contributed by atoms with Gasteiger partial charge in [0, 0.05) is 17.5 Å². The van der Waals surface area contributed by atoms with Gasteiger partial charge in [-0.25, -0.2) is 4.98 Å². The summed E-state index contributed by atoms with van der Waals surface area (Å²) in [7, 11) is 0. The van der Waals surface area contributed by atoms with Crippen LogP contribution < -0.4 is 5.73 Å². The molecule has 0 saturated heterocycles. The Morgan fingerprint density at radius 1 is 1.17 bits per heavy atom. The molecule has 0 atom stereocenters. The highest BCUT2D eigenvalue weighted by molar-refractivity contribution is 5.61. The fraction of sp³-hybridized carbons (Fsp3) is 0.400. The number of aromatic nitrogens is 2. The first-order valence-corrected chi connectivity index (χ1v) is 6.37. The Morgan fingerprint density at radius 3 is 2.28 bits per heavy atom. The average Bonchev–Trinajstić information content (AvgIpc) is 2.67. The van der Waals surface area contributed by atoms with Crippen molar-refractivity contribution in [2.24, 2.45) is 0 Å². The minimum absolute atomic E-state index is 0.0337. The third kappa shape index (κ3) is 2.13. The van der Waals surface area contributed by atoms with Crippen LogP contribution in [0.2, 0.25) is 0 Å². The largest absolute Gasteiger partial charge is 0.384 e. The molecule has 0 saturated carbocycles. The number of hydrogen-bond donors (Lipinski definition) is 1. The monoisotopic (exact) mass is 243 g/mol. The number of benzene rings is 1. The number of nitrogen functional groups attached to an aromatic ring is 1. The quantitative estimate of drug-likeness (QED) is 0.878. The van der Waals surface area contributed by atoms with Gasteiger partial charge in [-0.05, 0) is 6.92 Å². The Bertz CT molecular complexity index is 533. The molecular weight excluding hydrogens is 222 g/mol. The lowest BCUT2D eigenvalue weighted by atomic mass is 9.92. The van der Waals surface area contributed by atoms with E-state index >= 15 is 0 Å². The lowest BCUT2D eigenvalue weighted by molar-refractivity contribution is 0.574. The van der Waals surface area contributed by atoms with E-state index < -0.39 is 0 Å². The van der Waals surface area contributed by atoms with Gasteiger partial charge in [-0.1, -0.05) is 51.1 Å². The minimum Gasteiger partial charge on any atom is -0.384 e. The highest BCUT2D eigenvalue weighted by Crippen LogP contribution is 2.31. The van der Waals surface area contributed by atoms with Crippen LogP contribution in [0, 0.1) is 0 Å². The van der Waals surface area contributed by atoms with Gasteiger partial charge in [0.1, 0.15) is 11.6 Å². The zero-order chi connectivity index (χ0) is 13.3. The van der Waals surface area contributed by atoms with Crippen molar-refractivity contribution in [3.05, 3.63) is 36.0 Å².